The lowest BCUT2D eigenvalue weighted by Crippen LogP contribution is -1.96. The van der Waals surface area contributed by atoms with Crippen molar-refractivity contribution in [2.45, 2.75) is 35.7 Å². The number of pyridine rings is 2. The summed E-state index contributed by atoms with van der Waals surface area (Å²) in [4.78, 5) is 29.2. The SMILES string of the molecule is O=C(O)c1ccc(SCC2CC2)nc1.O=C(O)c1ccc(SCC2CC2)nc1. The maximum absolute atomic E-state index is 10.5. The minimum absolute atomic E-state index is 0.251. The lowest BCUT2D eigenvalue weighted by Gasteiger charge is -1.99. The second kappa shape index (κ2) is 9.93. The molecule has 0 atom stereocenters. The average Bonchev–Trinajstić information content (AvgIpc) is 3.61. The van der Waals surface area contributed by atoms with Crippen molar-refractivity contribution in [3.05, 3.63) is 47.8 Å². The van der Waals surface area contributed by atoms with Gasteiger partial charge in [-0.05, 0) is 61.8 Å². The molecule has 2 fully saturated rings. The van der Waals surface area contributed by atoms with E-state index in [1.807, 2.05) is 0 Å². The van der Waals surface area contributed by atoms with E-state index in [0.717, 1.165) is 33.4 Å². The second-order valence-corrected chi connectivity index (χ2v) is 8.97. The largest absolute Gasteiger partial charge is 0.478 e. The van der Waals surface area contributed by atoms with E-state index < -0.39 is 11.9 Å². The summed E-state index contributed by atoms with van der Waals surface area (Å²) < 4.78 is 0. The van der Waals surface area contributed by atoms with E-state index in [9.17, 15) is 9.59 Å². The molecule has 2 aliphatic rings. The van der Waals surface area contributed by atoms with Crippen LogP contribution in [-0.4, -0.2) is 43.6 Å². The van der Waals surface area contributed by atoms with Gasteiger partial charge in [0.1, 0.15) is 0 Å². The third kappa shape index (κ3) is 7.16. The van der Waals surface area contributed by atoms with Crippen LogP contribution >= 0.6 is 23.5 Å². The quantitative estimate of drug-likeness (QED) is 0.602. The number of hydrogen-bond donors (Lipinski definition) is 2. The van der Waals surface area contributed by atoms with E-state index >= 15 is 0 Å². The number of aromatic nitrogens is 2. The molecular formula is C20H22N2O4S2. The minimum Gasteiger partial charge on any atom is -0.478 e. The summed E-state index contributed by atoms with van der Waals surface area (Å²) >= 11 is 3.41. The van der Waals surface area contributed by atoms with Crippen LogP contribution in [-0.2, 0) is 0 Å². The van der Waals surface area contributed by atoms with Crippen molar-refractivity contribution in [3.63, 3.8) is 0 Å². The molecule has 2 saturated carbocycles. The van der Waals surface area contributed by atoms with Crippen molar-refractivity contribution in [1.82, 2.24) is 9.97 Å². The third-order valence-corrected chi connectivity index (χ3v) is 6.64. The lowest BCUT2D eigenvalue weighted by molar-refractivity contribution is 0.0685. The van der Waals surface area contributed by atoms with Crippen LogP contribution in [0.4, 0.5) is 0 Å². The predicted molar refractivity (Wildman–Crippen MR) is 109 cm³/mol. The van der Waals surface area contributed by atoms with Crippen LogP contribution in [0.5, 0.6) is 0 Å². The molecule has 0 bridgehead atoms. The molecule has 0 radical (unpaired) electrons. The van der Waals surface area contributed by atoms with Crippen LogP contribution in [0.15, 0.2) is 46.7 Å². The molecule has 2 heterocycles. The molecule has 0 amide bonds. The van der Waals surface area contributed by atoms with Gasteiger partial charge in [-0.1, -0.05) is 0 Å². The zero-order valence-corrected chi connectivity index (χ0v) is 16.9. The first-order valence-corrected chi connectivity index (χ1v) is 11.1. The summed E-state index contributed by atoms with van der Waals surface area (Å²) in [6, 6.07) is 6.75. The van der Waals surface area contributed by atoms with E-state index in [-0.39, 0.29) is 11.1 Å². The topological polar surface area (TPSA) is 100 Å². The van der Waals surface area contributed by atoms with E-state index in [1.54, 1.807) is 47.8 Å². The van der Waals surface area contributed by atoms with Gasteiger partial charge in [0, 0.05) is 23.9 Å². The Balaban J connectivity index is 0.000000161. The second-order valence-electron chi connectivity index (χ2n) is 6.89. The summed E-state index contributed by atoms with van der Waals surface area (Å²) in [7, 11) is 0. The molecule has 2 N–H and O–H groups in total. The maximum Gasteiger partial charge on any atom is 0.337 e. The molecule has 2 aliphatic carbocycles. The van der Waals surface area contributed by atoms with Gasteiger partial charge in [-0.3, -0.25) is 0 Å². The number of aromatic carboxylic acids is 2. The number of thioether (sulfide) groups is 2. The normalized spacial score (nSPS) is 15.4. The van der Waals surface area contributed by atoms with Crippen molar-refractivity contribution in [2.75, 3.05) is 11.5 Å². The summed E-state index contributed by atoms with van der Waals surface area (Å²) in [6.45, 7) is 0. The number of carboxylic acid groups (broad SMARTS) is 2. The Morgan fingerprint density at radius 3 is 1.43 bits per heavy atom. The number of rotatable bonds is 8. The van der Waals surface area contributed by atoms with Gasteiger partial charge in [-0.15, -0.1) is 23.5 Å². The van der Waals surface area contributed by atoms with Gasteiger partial charge in [0.15, 0.2) is 0 Å². The molecule has 4 rings (SSSR count). The summed E-state index contributed by atoms with van der Waals surface area (Å²) in [5.41, 5.74) is 0.501. The first-order chi connectivity index (χ1) is 13.5. The fourth-order valence-electron chi connectivity index (χ4n) is 2.16. The van der Waals surface area contributed by atoms with Gasteiger partial charge in [-0.2, -0.15) is 0 Å². The zero-order valence-electron chi connectivity index (χ0n) is 15.3. The Hall–Kier alpha value is -2.06. The fourth-order valence-corrected chi connectivity index (χ4v) is 4.22. The van der Waals surface area contributed by atoms with Crippen LogP contribution in [0.2, 0.25) is 0 Å². The predicted octanol–water partition coefficient (Wildman–Crippen LogP) is 4.56. The third-order valence-electron chi connectivity index (χ3n) is 4.29. The van der Waals surface area contributed by atoms with E-state index in [0.29, 0.717) is 0 Å². The van der Waals surface area contributed by atoms with Crippen molar-refractivity contribution in [3.8, 4) is 0 Å². The summed E-state index contributed by atoms with van der Waals surface area (Å²) in [5.74, 6) is 2.10. The van der Waals surface area contributed by atoms with E-state index in [1.165, 1.54) is 38.1 Å². The monoisotopic (exact) mass is 418 g/mol. The van der Waals surface area contributed by atoms with Crippen LogP contribution in [0, 0.1) is 11.8 Å². The van der Waals surface area contributed by atoms with E-state index in [2.05, 4.69) is 9.97 Å². The van der Waals surface area contributed by atoms with Gasteiger partial charge in [0.2, 0.25) is 0 Å². The Labute approximate surface area is 172 Å². The number of carbonyl (C=O) groups is 2. The van der Waals surface area contributed by atoms with Gasteiger partial charge in [-0.25, -0.2) is 19.6 Å². The Morgan fingerprint density at radius 1 is 0.786 bits per heavy atom. The molecule has 0 aromatic carbocycles. The molecule has 0 spiro atoms. The highest BCUT2D eigenvalue weighted by Gasteiger charge is 2.22. The Bertz CT molecular complexity index is 734. The van der Waals surface area contributed by atoms with Crippen LogP contribution < -0.4 is 0 Å². The molecule has 0 saturated heterocycles. The standard InChI is InChI=1S/2C10H11NO2S/c2*12-10(13)8-3-4-9(11-5-8)14-6-7-1-2-7/h2*3-5,7H,1-2,6H2,(H,12,13). The molecule has 8 heteroatoms. The molecule has 148 valence electrons. The van der Waals surface area contributed by atoms with Crippen LogP contribution in [0.25, 0.3) is 0 Å². The van der Waals surface area contributed by atoms with Gasteiger partial charge in [0.25, 0.3) is 0 Å². The zero-order chi connectivity index (χ0) is 19.9. The first-order valence-electron chi connectivity index (χ1n) is 9.15. The average molecular weight is 419 g/mol. The van der Waals surface area contributed by atoms with Crippen molar-refractivity contribution in [2.24, 2.45) is 11.8 Å². The maximum atomic E-state index is 10.5. The lowest BCUT2D eigenvalue weighted by atomic mass is 10.3. The minimum atomic E-state index is -0.920. The number of carboxylic acids is 2. The first kappa shape index (κ1) is 20.7. The molecular weight excluding hydrogens is 396 g/mol. The highest BCUT2D eigenvalue weighted by molar-refractivity contribution is 7.99. The molecule has 2 aromatic rings. The number of hydrogen-bond acceptors (Lipinski definition) is 6. The van der Waals surface area contributed by atoms with E-state index in [4.69, 9.17) is 10.2 Å². The highest BCUT2D eigenvalue weighted by atomic mass is 32.2. The molecule has 6 nitrogen and oxygen atoms in total. The Morgan fingerprint density at radius 2 is 1.18 bits per heavy atom. The fraction of sp³-hybridized carbons (Fsp3) is 0.400. The summed E-state index contributed by atoms with van der Waals surface area (Å²) in [5, 5.41) is 19.2. The smallest absolute Gasteiger partial charge is 0.337 e. The molecule has 28 heavy (non-hydrogen) atoms. The van der Waals surface area contributed by atoms with Crippen molar-refractivity contribution in [1.29, 1.82) is 0 Å². The molecule has 0 aliphatic heterocycles. The highest BCUT2D eigenvalue weighted by Crippen LogP contribution is 2.35. The van der Waals surface area contributed by atoms with Crippen molar-refractivity contribution < 1.29 is 19.8 Å². The molecule has 2 aromatic heterocycles. The van der Waals surface area contributed by atoms with Gasteiger partial charge >= 0.3 is 11.9 Å². The Kier molecular flexibility index (Phi) is 7.33. The number of nitrogens with zero attached hydrogens (tertiary/aromatic N) is 2. The summed E-state index contributed by atoms with van der Waals surface area (Å²) in [6.07, 6.45) is 8.16. The van der Waals surface area contributed by atoms with Crippen LogP contribution in [0.1, 0.15) is 46.4 Å². The molecule has 0 unspecified atom stereocenters. The van der Waals surface area contributed by atoms with Gasteiger partial charge in [0.05, 0.1) is 21.2 Å². The van der Waals surface area contributed by atoms with Crippen LogP contribution in [0.3, 0.4) is 0 Å². The van der Waals surface area contributed by atoms with Gasteiger partial charge < -0.3 is 10.2 Å². The van der Waals surface area contributed by atoms with Crippen molar-refractivity contribution >= 4 is 35.5 Å².